The maximum atomic E-state index is 12.4. The van der Waals surface area contributed by atoms with Crippen molar-refractivity contribution in [2.24, 2.45) is 0 Å². The molecule has 1 saturated carbocycles. The molecule has 0 atom stereocenters. The van der Waals surface area contributed by atoms with Crippen LogP contribution in [0.15, 0.2) is 41.2 Å². The van der Waals surface area contributed by atoms with Gasteiger partial charge in [0.25, 0.3) is 5.91 Å². The van der Waals surface area contributed by atoms with Crippen LogP contribution in [-0.2, 0) is 0 Å². The second-order valence-corrected chi connectivity index (χ2v) is 6.07. The van der Waals surface area contributed by atoms with Crippen LogP contribution in [0.4, 0.5) is 0 Å². The van der Waals surface area contributed by atoms with Crippen LogP contribution >= 0.6 is 0 Å². The first-order valence-electron chi connectivity index (χ1n) is 7.75. The van der Waals surface area contributed by atoms with Crippen molar-refractivity contribution in [1.29, 1.82) is 0 Å². The van der Waals surface area contributed by atoms with Gasteiger partial charge in [0.15, 0.2) is 0 Å². The lowest BCUT2D eigenvalue weighted by Crippen LogP contribution is -2.26. The molecule has 0 unspecified atom stereocenters. The van der Waals surface area contributed by atoms with Crippen LogP contribution in [-0.4, -0.2) is 21.9 Å². The molecular formula is C18H17N3O2. The van der Waals surface area contributed by atoms with Crippen molar-refractivity contribution < 1.29 is 4.79 Å². The van der Waals surface area contributed by atoms with Crippen molar-refractivity contribution in [3.05, 3.63) is 58.0 Å². The Morgan fingerprint density at radius 2 is 1.91 bits per heavy atom. The number of amides is 1. The van der Waals surface area contributed by atoms with Gasteiger partial charge in [-0.3, -0.25) is 4.79 Å². The number of imidazole rings is 1. The SMILES string of the molecule is Cc1c(C(=O)NC2CC2)cccc1-c1ccc2[nH]c(=O)[nH]c2c1. The number of carbonyl (C=O) groups is 1. The van der Waals surface area contributed by atoms with Crippen LogP contribution in [0, 0.1) is 6.92 Å². The summed E-state index contributed by atoms with van der Waals surface area (Å²) < 4.78 is 0. The van der Waals surface area contributed by atoms with E-state index in [4.69, 9.17) is 0 Å². The first-order chi connectivity index (χ1) is 11.1. The zero-order valence-corrected chi connectivity index (χ0v) is 12.8. The van der Waals surface area contributed by atoms with Gasteiger partial charge in [-0.25, -0.2) is 4.79 Å². The van der Waals surface area contributed by atoms with Gasteiger partial charge in [0.1, 0.15) is 0 Å². The molecule has 1 aliphatic rings. The number of benzene rings is 2. The fraction of sp³-hybridized carbons (Fsp3) is 0.222. The molecule has 23 heavy (non-hydrogen) atoms. The summed E-state index contributed by atoms with van der Waals surface area (Å²) in [5.41, 5.74) is 4.95. The summed E-state index contributed by atoms with van der Waals surface area (Å²) in [7, 11) is 0. The van der Waals surface area contributed by atoms with Crippen LogP contribution in [0.2, 0.25) is 0 Å². The van der Waals surface area contributed by atoms with Gasteiger partial charge in [-0.05, 0) is 54.7 Å². The normalized spacial score (nSPS) is 14.1. The van der Waals surface area contributed by atoms with Crippen LogP contribution in [0.3, 0.4) is 0 Å². The van der Waals surface area contributed by atoms with Crippen molar-refractivity contribution >= 4 is 16.9 Å². The molecule has 3 aromatic rings. The Bertz CT molecular complexity index is 964. The highest BCUT2D eigenvalue weighted by atomic mass is 16.2. The van der Waals surface area contributed by atoms with Gasteiger partial charge in [-0.2, -0.15) is 0 Å². The molecule has 0 spiro atoms. The van der Waals surface area contributed by atoms with Crippen LogP contribution < -0.4 is 11.0 Å². The Labute approximate surface area is 132 Å². The fourth-order valence-electron chi connectivity index (χ4n) is 2.89. The Balaban J connectivity index is 1.77. The van der Waals surface area contributed by atoms with Crippen molar-refractivity contribution in [2.45, 2.75) is 25.8 Å². The molecule has 2 aromatic carbocycles. The molecule has 3 N–H and O–H groups in total. The third-order valence-corrected chi connectivity index (χ3v) is 4.32. The first kappa shape index (κ1) is 13.8. The molecular weight excluding hydrogens is 290 g/mol. The fourth-order valence-corrected chi connectivity index (χ4v) is 2.89. The third kappa shape index (κ3) is 2.54. The molecule has 1 aliphatic carbocycles. The van der Waals surface area contributed by atoms with E-state index in [1.165, 1.54) is 0 Å². The van der Waals surface area contributed by atoms with Gasteiger partial charge in [-0.1, -0.05) is 18.2 Å². The minimum Gasteiger partial charge on any atom is -0.349 e. The molecule has 1 aromatic heterocycles. The first-order valence-corrected chi connectivity index (χ1v) is 7.75. The van der Waals surface area contributed by atoms with Gasteiger partial charge in [0, 0.05) is 11.6 Å². The summed E-state index contributed by atoms with van der Waals surface area (Å²) >= 11 is 0. The molecule has 5 heteroatoms. The second-order valence-electron chi connectivity index (χ2n) is 6.07. The predicted octanol–water partition coefficient (Wildman–Crippen LogP) is 2.72. The van der Waals surface area contributed by atoms with E-state index < -0.39 is 0 Å². The number of rotatable bonds is 3. The molecule has 116 valence electrons. The van der Waals surface area contributed by atoms with E-state index in [1.807, 2.05) is 43.3 Å². The zero-order chi connectivity index (χ0) is 16.0. The maximum absolute atomic E-state index is 12.4. The Hall–Kier alpha value is -2.82. The number of hydrogen-bond donors (Lipinski definition) is 3. The number of hydrogen-bond acceptors (Lipinski definition) is 2. The lowest BCUT2D eigenvalue weighted by molar-refractivity contribution is 0.0950. The van der Waals surface area contributed by atoms with E-state index >= 15 is 0 Å². The number of fused-ring (bicyclic) bond motifs is 1. The average molecular weight is 307 g/mol. The van der Waals surface area contributed by atoms with E-state index in [9.17, 15) is 9.59 Å². The summed E-state index contributed by atoms with van der Waals surface area (Å²) in [6.07, 6.45) is 2.14. The standard InChI is InChI=1S/C18H17N3O2/c1-10-13(3-2-4-14(10)17(22)19-12-6-7-12)11-5-8-15-16(9-11)21-18(23)20-15/h2-5,8-9,12H,6-7H2,1H3,(H,19,22)(H2,20,21,23). The number of nitrogens with one attached hydrogen (secondary N) is 3. The molecule has 0 radical (unpaired) electrons. The summed E-state index contributed by atoms with van der Waals surface area (Å²) in [6.45, 7) is 1.96. The van der Waals surface area contributed by atoms with Crippen molar-refractivity contribution in [3.8, 4) is 11.1 Å². The van der Waals surface area contributed by atoms with Gasteiger partial charge in [-0.15, -0.1) is 0 Å². The second kappa shape index (κ2) is 5.12. The van der Waals surface area contributed by atoms with E-state index in [2.05, 4.69) is 15.3 Å². The van der Waals surface area contributed by atoms with Crippen LogP contribution in [0.5, 0.6) is 0 Å². The van der Waals surface area contributed by atoms with Crippen LogP contribution in [0.1, 0.15) is 28.8 Å². The number of aromatic nitrogens is 2. The van der Waals surface area contributed by atoms with E-state index in [1.54, 1.807) is 0 Å². The minimum atomic E-state index is -0.216. The highest BCUT2D eigenvalue weighted by Gasteiger charge is 2.24. The third-order valence-electron chi connectivity index (χ3n) is 4.32. The van der Waals surface area contributed by atoms with E-state index in [0.29, 0.717) is 11.6 Å². The number of H-pyrrole nitrogens is 2. The largest absolute Gasteiger partial charge is 0.349 e. The highest BCUT2D eigenvalue weighted by molar-refractivity contribution is 5.98. The molecule has 5 nitrogen and oxygen atoms in total. The van der Waals surface area contributed by atoms with Crippen molar-refractivity contribution in [3.63, 3.8) is 0 Å². The van der Waals surface area contributed by atoms with Crippen LogP contribution in [0.25, 0.3) is 22.2 Å². The molecule has 4 rings (SSSR count). The Morgan fingerprint density at radius 1 is 1.13 bits per heavy atom. The lowest BCUT2D eigenvalue weighted by Gasteiger charge is -2.12. The summed E-state index contributed by atoms with van der Waals surface area (Å²) in [5, 5.41) is 3.03. The van der Waals surface area contributed by atoms with E-state index in [-0.39, 0.29) is 11.6 Å². The van der Waals surface area contributed by atoms with Gasteiger partial charge in [0.2, 0.25) is 0 Å². The highest BCUT2D eigenvalue weighted by Crippen LogP contribution is 2.28. The van der Waals surface area contributed by atoms with Gasteiger partial charge < -0.3 is 15.3 Å². The number of aromatic amines is 2. The molecule has 1 fully saturated rings. The molecule has 1 heterocycles. The maximum Gasteiger partial charge on any atom is 0.323 e. The van der Waals surface area contributed by atoms with Crippen molar-refractivity contribution in [1.82, 2.24) is 15.3 Å². The summed E-state index contributed by atoms with van der Waals surface area (Å²) in [6, 6.07) is 11.8. The minimum absolute atomic E-state index is 0.0111. The van der Waals surface area contributed by atoms with Gasteiger partial charge in [0.05, 0.1) is 11.0 Å². The topological polar surface area (TPSA) is 77.8 Å². The predicted molar refractivity (Wildman–Crippen MR) is 89.6 cm³/mol. The molecule has 0 aliphatic heterocycles. The Morgan fingerprint density at radius 3 is 2.70 bits per heavy atom. The summed E-state index contributed by atoms with van der Waals surface area (Å²) in [4.78, 5) is 29.2. The average Bonchev–Trinajstić information content (AvgIpc) is 3.25. The zero-order valence-electron chi connectivity index (χ0n) is 12.8. The van der Waals surface area contributed by atoms with E-state index in [0.717, 1.165) is 40.6 Å². The quantitative estimate of drug-likeness (QED) is 0.695. The molecule has 1 amide bonds. The lowest BCUT2D eigenvalue weighted by atomic mass is 9.96. The number of carbonyl (C=O) groups excluding carboxylic acids is 1. The molecule has 0 saturated heterocycles. The molecule has 0 bridgehead atoms. The monoisotopic (exact) mass is 307 g/mol. The van der Waals surface area contributed by atoms with Crippen molar-refractivity contribution in [2.75, 3.05) is 0 Å². The van der Waals surface area contributed by atoms with Gasteiger partial charge >= 0.3 is 5.69 Å². The summed E-state index contributed by atoms with van der Waals surface area (Å²) in [5.74, 6) is -0.0111. The Kier molecular flexibility index (Phi) is 3.08. The smallest absolute Gasteiger partial charge is 0.323 e.